The van der Waals surface area contributed by atoms with Gasteiger partial charge in [0, 0.05) is 12.4 Å². The van der Waals surface area contributed by atoms with Gasteiger partial charge in [-0.25, -0.2) is 27.8 Å². The Balaban J connectivity index is 1.70. The van der Waals surface area contributed by atoms with Gasteiger partial charge in [0.2, 0.25) is 0 Å². The van der Waals surface area contributed by atoms with Crippen molar-refractivity contribution in [3.63, 3.8) is 0 Å². The van der Waals surface area contributed by atoms with Crippen LogP contribution in [0.5, 0.6) is 6.01 Å². The number of carbonyl (C=O) groups is 1. The average molecular weight is 363 g/mol. The van der Waals surface area contributed by atoms with Crippen LogP contribution < -0.4 is 4.74 Å². The van der Waals surface area contributed by atoms with E-state index in [4.69, 9.17) is 4.74 Å². The fraction of sp³-hybridized carbons (Fsp3) is 0.188. The van der Waals surface area contributed by atoms with Crippen LogP contribution in [-0.2, 0) is 6.61 Å². The molecule has 0 N–H and O–H groups in total. The van der Waals surface area contributed by atoms with Gasteiger partial charge in [-0.2, -0.15) is 0 Å². The van der Waals surface area contributed by atoms with E-state index in [1.165, 1.54) is 36.3 Å². The summed E-state index contributed by atoms with van der Waals surface area (Å²) in [7, 11) is 0. The SMILES string of the molecule is CC(=O)c1cnc(OCc2cn(-c3ccc(F)c(C(F)F)c3)nn2)nc1. The summed E-state index contributed by atoms with van der Waals surface area (Å²) in [6.45, 7) is 1.37. The van der Waals surface area contributed by atoms with Crippen molar-refractivity contribution in [2.45, 2.75) is 20.0 Å². The quantitative estimate of drug-likeness (QED) is 0.626. The molecule has 3 aromatic rings. The van der Waals surface area contributed by atoms with Crippen molar-refractivity contribution in [1.82, 2.24) is 25.0 Å². The second kappa shape index (κ2) is 7.30. The minimum atomic E-state index is -2.93. The average Bonchev–Trinajstić information content (AvgIpc) is 3.09. The molecule has 134 valence electrons. The molecule has 0 aliphatic carbocycles. The molecule has 7 nitrogen and oxygen atoms in total. The van der Waals surface area contributed by atoms with Gasteiger partial charge in [-0.15, -0.1) is 5.10 Å². The predicted octanol–water partition coefficient (Wildman–Crippen LogP) is 2.92. The molecule has 2 heterocycles. The molecule has 0 atom stereocenters. The van der Waals surface area contributed by atoms with Crippen LogP contribution >= 0.6 is 0 Å². The number of hydrogen-bond donors (Lipinski definition) is 0. The molecular weight excluding hydrogens is 351 g/mol. The van der Waals surface area contributed by atoms with Crippen LogP contribution in [0.2, 0.25) is 0 Å². The number of aromatic nitrogens is 5. The predicted molar refractivity (Wildman–Crippen MR) is 82.6 cm³/mol. The number of rotatable bonds is 6. The minimum Gasteiger partial charge on any atom is -0.457 e. The summed E-state index contributed by atoms with van der Waals surface area (Å²) in [6, 6.07) is 3.30. The van der Waals surface area contributed by atoms with Crippen LogP contribution in [0.1, 0.15) is 35.0 Å². The first kappa shape index (κ1) is 17.5. The maximum Gasteiger partial charge on any atom is 0.316 e. The van der Waals surface area contributed by atoms with Crippen LogP contribution in [0.3, 0.4) is 0 Å². The first-order valence-corrected chi connectivity index (χ1v) is 7.39. The highest BCUT2D eigenvalue weighted by molar-refractivity contribution is 5.93. The lowest BCUT2D eigenvalue weighted by atomic mass is 10.2. The highest BCUT2D eigenvalue weighted by atomic mass is 19.3. The second-order valence-electron chi connectivity index (χ2n) is 5.26. The number of halogens is 3. The lowest BCUT2D eigenvalue weighted by Crippen LogP contribution is -2.02. The minimum absolute atomic E-state index is 0.0255. The highest BCUT2D eigenvalue weighted by Crippen LogP contribution is 2.24. The van der Waals surface area contributed by atoms with Crippen molar-refractivity contribution in [3.8, 4) is 11.7 Å². The standard InChI is InChI=1S/C16H12F3N5O2/c1-9(25)10-5-20-16(21-6-10)26-8-11-7-24(23-22-11)12-2-3-14(17)13(4-12)15(18)19/h2-7,15H,8H2,1H3. The third-order valence-corrected chi connectivity index (χ3v) is 3.40. The number of benzene rings is 1. The van der Waals surface area contributed by atoms with Crippen molar-refractivity contribution in [3.05, 3.63) is 59.4 Å². The van der Waals surface area contributed by atoms with E-state index < -0.39 is 17.8 Å². The molecule has 0 saturated carbocycles. The van der Waals surface area contributed by atoms with Gasteiger partial charge < -0.3 is 4.74 Å². The smallest absolute Gasteiger partial charge is 0.316 e. The number of ketones is 1. The van der Waals surface area contributed by atoms with Gasteiger partial charge >= 0.3 is 6.01 Å². The Kier molecular flexibility index (Phi) is 4.92. The fourth-order valence-corrected chi connectivity index (χ4v) is 2.04. The van der Waals surface area contributed by atoms with E-state index in [9.17, 15) is 18.0 Å². The van der Waals surface area contributed by atoms with Crippen LogP contribution in [0.4, 0.5) is 13.2 Å². The molecular formula is C16H12F3N5O2. The Morgan fingerprint density at radius 3 is 2.65 bits per heavy atom. The summed E-state index contributed by atoms with van der Waals surface area (Å²) >= 11 is 0. The third-order valence-electron chi connectivity index (χ3n) is 3.40. The van der Waals surface area contributed by atoms with Crippen LogP contribution in [0, 0.1) is 5.82 Å². The first-order chi connectivity index (χ1) is 12.4. The van der Waals surface area contributed by atoms with Gasteiger partial charge in [0.05, 0.1) is 23.0 Å². The van der Waals surface area contributed by atoms with Gasteiger partial charge in [-0.05, 0) is 25.1 Å². The van der Waals surface area contributed by atoms with Gasteiger partial charge in [0.1, 0.15) is 18.1 Å². The summed E-state index contributed by atoms with van der Waals surface area (Å²) < 4.78 is 45.5. The number of hydrogen-bond acceptors (Lipinski definition) is 6. The molecule has 0 unspecified atom stereocenters. The van der Waals surface area contributed by atoms with Crippen molar-refractivity contribution in [2.75, 3.05) is 0 Å². The number of ether oxygens (including phenoxy) is 1. The van der Waals surface area contributed by atoms with Crippen molar-refractivity contribution in [2.24, 2.45) is 0 Å². The summed E-state index contributed by atoms with van der Waals surface area (Å²) in [5, 5.41) is 7.65. The molecule has 0 aliphatic heterocycles. The Hall–Kier alpha value is -3.30. The van der Waals surface area contributed by atoms with Gasteiger partial charge in [0.25, 0.3) is 6.43 Å². The summed E-state index contributed by atoms with van der Waals surface area (Å²) in [5.74, 6) is -1.15. The van der Waals surface area contributed by atoms with Gasteiger partial charge in [-0.3, -0.25) is 4.79 Å². The number of nitrogens with zero attached hydrogens (tertiary/aromatic N) is 5. The topological polar surface area (TPSA) is 82.8 Å². The monoisotopic (exact) mass is 363 g/mol. The molecule has 0 bridgehead atoms. The third kappa shape index (κ3) is 3.85. The lowest BCUT2D eigenvalue weighted by Gasteiger charge is -2.05. The van der Waals surface area contributed by atoms with Crippen molar-refractivity contribution >= 4 is 5.78 Å². The van der Waals surface area contributed by atoms with Crippen molar-refractivity contribution in [1.29, 1.82) is 0 Å². The maximum absolute atomic E-state index is 13.3. The largest absolute Gasteiger partial charge is 0.457 e. The van der Waals surface area contributed by atoms with E-state index in [0.29, 0.717) is 11.3 Å². The zero-order chi connectivity index (χ0) is 18.7. The number of Topliss-reactive ketones (excluding diaryl/α,β-unsaturated/α-hetero) is 1. The second-order valence-corrected chi connectivity index (χ2v) is 5.26. The van der Waals surface area contributed by atoms with E-state index in [-0.39, 0.29) is 24.1 Å². The van der Waals surface area contributed by atoms with Crippen LogP contribution in [0.15, 0.2) is 36.8 Å². The van der Waals surface area contributed by atoms with Crippen LogP contribution in [-0.4, -0.2) is 30.7 Å². The zero-order valence-corrected chi connectivity index (χ0v) is 13.4. The Labute approximate surface area is 145 Å². The van der Waals surface area contributed by atoms with E-state index in [1.54, 1.807) is 0 Å². The molecule has 0 amide bonds. The normalized spacial score (nSPS) is 11.0. The first-order valence-electron chi connectivity index (χ1n) is 7.39. The molecule has 0 saturated heterocycles. The molecule has 3 rings (SSSR count). The molecule has 1 aromatic carbocycles. The highest BCUT2D eigenvalue weighted by Gasteiger charge is 2.15. The van der Waals surface area contributed by atoms with E-state index >= 15 is 0 Å². The summed E-state index contributed by atoms with van der Waals surface area (Å²) in [5.41, 5.74) is 0.263. The number of alkyl halides is 2. The van der Waals surface area contributed by atoms with Crippen LogP contribution in [0.25, 0.3) is 5.69 Å². The molecule has 0 spiro atoms. The fourth-order valence-electron chi connectivity index (χ4n) is 2.04. The van der Waals surface area contributed by atoms with E-state index in [0.717, 1.165) is 12.1 Å². The molecule has 10 heteroatoms. The Morgan fingerprint density at radius 2 is 2.00 bits per heavy atom. The molecule has 2 aromatic heterocycles. The zero-order valence-electron chi connectivity index (χ0n) is 13.4. The molecule has 0 radical (unpaired) electrons. The van der Waals surface area contributed by atoms with E-state index in [2.05, 4.69) is 20.3 Å². The Bertz CT molecular complexity index is 928. The Morgan fingerprint density at radius 1 is 1.27 bits per heavy atom. The van der Waals surface area contributed by atoms with Crippen molar-refractivity contribution < 1.29 is 22.7 Å². The lowest BCUT2D eigenvalue weighted by molar-refractivity contribution is 0.101. The van der Waals surface area contributed by atoms with Gasteiger partial charge in [0.15, 0.2) is 5.78 Å². The molecule has 0 aliphatic rings. The molecule has 26 heavy (non-hydrogen) atoms. The van der Waals surface area contributed by atoms with Gasteiger partial charge in [-0.1, -0.05) is 5.21 Å². The number of carbonyl (C=O) groups excluding carboxylic acids is 1. The van der Waals surface area contributed by atoms with E-state index in [1.807, 2.05) is 0 Å². The summed E-state index contributed by atoms with van der Waals surface area (Å²) in [6.07, 6.45) is 1.20. The maximum atomic E-state index is 13.3. The molecule has 0 fully saturated rings. The summed E-state index contributed by atoms with van der Waals surface area (Å²) in [4.78, 5) is 18.9.